The van der Waals surface area contributed by atoms with Gasteiger partial charge in [0.2, 0.25) is 11.8 Å². The molecule has 0 aliphatic heterocycles. The number of carbonyl (C=O) groups excluding carboxylic acids is 2. The zero-order chi connectivity index (χ0) is 23.5. The zero-order valence-electron chi connectivity index (χ0n) is 20.2. The lowest BCUT2D eigenvalue weighted by molar-refractivity contribution is -0.122. The third kappa shape index (κ3) is 21.1. The molecular formula is C22H45N3O4S2. The van der Waals surface area contributed by atoms with Crippen molar-refractivity contribution in [2.45, 2.75) is 71.6 Å². The van der Waals surface area contributed by atoms with Gasteiger partial charge < -0.3 is 20.1 Å². The highest BCUT2D eigenvalue weighted by atomic mass is 33.1. The van der Waals surface area contributed by atoms with Crippen LogP contribution in [0.3, 0.4) is 0 Å². The maximum Gasteiger partial charge on any atom is 0.222 e. The average Bonchev–Trinajstić information content (AvgIpc) is 2.70. The molecule has 0 unspecified atom stereocenters. The molecule has 0 aliphatic rings. The fraction of sp³-hybridized carbons (Fsp3) is 0.909. The largest absolute Gasteiger partial charge is 0.379 e. The Hall–Kier alpha value is -0.480. The molecule has 0 saturated heterocycles. The van der Waals surface area contributed by atoms with Crippen LogP contribution in [-0.2, 0) is 19.1 Å². The molecule has 0 aromatic rings. The van der Waals surface area contributed by atoms with Crippen LogP contribution in [0.15, 0.2) is 0 Å². The summed E-state index contributed by atoms with van der Waals surface area (Å²) < 4.78 is 10.9. The van der Waals surface area contributed by atoms with Gasteiger partial charge in [0.1, 0.15) is 0 Å². The molecule has 0 aliphatic carbocycles. The van der Waals surface area contributed by atoms with Crippen LogP contribution in [0.5, 0.6) is 0 Å². The lowest BCUT2D eigenvalue weighted by Gasteiger charge is -2.21. The SMILES string of the molecule is C[C@H](SS)N(C)CCCC(=O)NCCOCCOCCC(=O)NCCCCC(C)(C)C. The van der Waals surface area contributed by atoms with Gasteiger partial charge in [-0.05, 0) is 45.2 Å². The van der Waals surface area contributed by atoms with E-state index in [0.29, 0.717) is 56.6 Å². The van der Waals surface area contributed by atoms with Gasteiger partial charge in [-0.2, -0.15) is 0 Å². The minimum absolute atomic E-state index is 0.0319. The predicted molar refractivity (Wildman–Crippen MR) is 133 cm³/mol. The molecule has 0 aromatic carbocycles. The number of nitrogens with zero attached hydrogens (tertiary/aromatic N) is 1. The fourth-order valence-corrected chi connectivity index (χ4v) is 3.43. The number of carbonyl (C=O) groups is 2. The van der Waals surface area contributed by atoms with Crippen LogP contribution in [0.1, 0.15) is 66.2 Å². The molecule has 0 saturated carbocycles. The van der Waals surface area contributed by atoms with Gasteiger partial charge in [-0.3, -0.25) is 14.5 Å². The topological polar surface area (TPSA) is 79.9 Å². The maximum atomic E-state index is 11.8. The summed E-state index contributed by atoms with van der Waals surface area (Å²) in [6.07, 6.45) is 5.01. The molecule has 2 amide bonds. The van der Waals surface area contributed by atoms with Gasteiger partial charge in [-0.15, -0.1) is 11.7 Å². The minimum Gasteiger partial charge on any atom is -0.379 e. The summed E-state index contributed by atoms with van der Waals surface area (Å²) in [4.78, 5) is 25.7. The number of unbranched alkanes of at least 4 members (excludes halogenated alkanes) is 1. The third-order valence-electron chi connectivity index (χ3n) is 4.78. The summed E-state index contributed by atoms with van der Waals surface area (Å²) in [5, 5.41) is 6.12. The van der Waals surface area contributed by atoms with E-state index < -0.39 is 0 Å². The van der Waals surface area contributed by atoms with E-state index in [-0.39, 0.29) is 11.8 Å². The van der Waals surface area contributed by atoms with Gasteiger partial charge in [0.05, 0.1) is 31.8 Å². The van der Waals surface area contributed by atoms with Gasteiger partial charge >= 0.3 is 0 Å². The summed E-state index contributed by atoms with van der Waals surface area (Å²) in [5.74, 6) is 0.0771. The van der Waals surface area contributed by atoms with Crippen molar-refractivity contribution in [3.63, 3.8) is 0 Å². The van der Waals surface area contributed by atoms with E-state index in [4.69, 9.17) is 9.47 Å². The lowest BCUT2D eigenvalue weighted by Crippen LogP contribution is -2.30. The van der Waals surface area contributed by atoms with Crippen molar-refractivity contribution >= 4 is 34.3 Å². The molecule has 0 spiro atoms. The van der Waals surface area contributed by atoms with Crippen molar-refractivity contribution in [3.05, 3.63) is 0 Å². The van der Waals surface area contributed by atoms with Crippen molar-refractivity contribution in [1.82, 2.24) is 15.5 Å². The number of amides is 2. The van der Waals surface area contributed by atoms with Crippen molar-refractivity contribution in [3.8, 4) is 0 Å². The highest BCUT2D eigenvalue weighted by Gasteiger charge is 2.10. The van der Waals surface area contributed by atoms with Crippen LogP contribution >= 0.6 is 22.5 Å². The van der Waals surface area contributed by atoms with Crippen LogP contribution in [0.2, 0.25) is 0 Å². The molecule has 2 N–H and O–H groups in total. The Kier molecular flexibility index (Phi) is 18.7. The lowest BCUT2D eigenvalue weighted by atomic mass is 9.90. The van der Waals surface area contributed by atoms with Gasteiger partial charge in [0, 0.05) is 25.9 Å². The number of hydrogen-bond acceptors (Lipinski definition) is 7. The number of hydrogen-bond donors (Lipinski definition) is 3. The molecule has 9 heteroatoms. The molecule has 7 nitrogen and oxygen atoms in total. The van der Waals surface area contributed by atoms with Crippen LogP contribution < -0.4 is 10.6 Å². The van der Waals surface area contributed by atoms with E-state index in [1.54, 1.807) is 0 Å². The molecule has 0 heterocycles. The first-order valence-electron chi connectivity index (χ1n) is 11.3. The normalized spacial score (nSPS) is 12.7. The van der Waals surface area contributed by atoms with Gasteiger partial charge in [-0.1, -0.05) is 38.0 Å². The Labute approximate surface area is 198 Å². The number of nitrogens with one attached hydrogen (secondary N) is 2. The second-order valence-electron chi connectivity index (χ2n) is 8.98. The Morgan fingerprint density at radius 2 is 1.55 bits per heavy atom. The number of ether oxygens (including phenoxy) is 2. The molecule has 0 bridgehead atoms. The van der Waals surface area contributed by atoms with Crippen molar-refractivity contribution < 1.29 is 19.1 Å². The number of rotatable bonds is 19. The smallest absolute Gasteiger partial charge is 0.222 e. The van der Waals surface area contributed by atoms with Gasteiger partial charge in [0.25, 0.3) is 0 Å². The van der Waals surface area contributed by atoms with Gasteiger partial charge in [0.15, 0.2) is 0 Å². The maximum absolute atomic E-state index is 11.8. The monoisotopic (exact) mass is 479 g/mol. The van der Waals surface area contributed by atoms with E-state index in [0.717, 1.165) is 32.4 Å². The van der Waals surface area contributed by atoms with Crippen molar-refractivity contribution in [1.29, 1.82) is 0 Å². The van der Waals surface area contributed by atoms with Crippen LogP contribution in [0, 0.1) is 5.41 Å². The first kappa shape index (κ1) is 30.5. The standard InChI is InChI=1S/C22H45N3O4S2/c1-19(31-30)25(5)14-8-9-20(26)24-13-16-29-18-17-28-15-10-21(27)23-12-7-6-11-22(2,3)4/h19,30H,6-18H2,1-5H3,(H,23,27)(H,24,26)/t19-/m0/s1. The third-order valence-corrected chi connectivity index (χ3v) is 6.36. The highest BCUT2D eigenvalue weighted by molar-refractivity contribution is 8.68. The van der Waals surface area contributed by atoms with E-state index in [1.807, 2.05) is 7.05 Å². The van der Waals surface area contributed by atoms with E-state index in [1.165, 1.54) is 17.2 Å². The summed E-state index contributed by atoms with van der Waals surface area (Å²) in [5.41, 5.74) is 0.354. The first-order chi connectivity index (χ1) is 14.7. The summed E-state index contributed by atoms with van der Waals surface area (Å²) in [6, 6.07) is 0. The molecule has 184 valence electrons. The predicted octanol–water partition coefficient (Wildman–Crippen LogP) is 3.49. The van der Waals surface area contributed by atoms with Gasteiger partial charge in [-0.25, -0.2) is 0 Å². The molecular weight excluding hydrogens is 434 g/mol. The Balaban J connectivity index is 3.40. The second kappa shape index (κ2) is 19.0. The molecule has 0 rings (SSSR count). The molecule has 1 atom stereocenters. The molecule has 0 fully saturated rings. The second-order valence-corrected chi connectivity index (χ2v) is 10.5. The summed E-state index contributed by atoms with van der Waals surface area (Å²) in [6.45, 7) is 12.6. The van der Waals surface area contributed by atoms with Crippen LogP contribution in [0.25, 0.3) is 0 Å². The fourth-order valence-electron chi connectivity index (χ4n) is 2.69. The van der Waals surface area contributed by atoms with Crippen LogP contribution in [0.4, 0.5) is 0 Å². The van der Waals surface area contributed by atoms with E-state index in [9.17, 15) is 9.59 Å². The zero-order valence-corrected chi connectivity index (χ0v) is 21.9. The first-order valence-corrected chi connectivity index (χ1v) is 13.3. The minimum atomic E-state index is 0.0319. The van der Waals surface area contributed by atoms with E-state index in [2.05, 4.69) is 54.9 Å². The number of thiol groups is 1. The molecule has 31 heavy (non-hydrogen) atoms. The Morgan fingerprint density at radius 3 is 2.19 bits per heavy atom. The van der Waals surface area contributed by atoms with Crippen LogP contribution in [-0.4, -0.2) is 75.2 Å². The van der Waals surface area contributed by atoms with Crippen molar-refractivity contribution in [2.24, 2.45) is 5.41 Å². The van der Waals surface area contributed by atoms with Crippen molar-refractivity contribution in [2.75, 3.05) is 53.1 Å². The Morgan fingerprint density at radius 1 is 0.935 bits per heavy atom. The molecule has 0 aromatic heterocycles. The average molecular weight is 480 g/mol. The summed E-state index contributed by atoms with van der Waals surface area (Å²) in [7, 11) is 3.53. The molecule has 0 radical (unpaired) electrons. The Bertz CT molecular complexity index is 476. The highest BCUT2D eigenvalue weighted by Crippen LogP contribution is 2.21. The quantitative estimate of drug-likeness (QED) is 0.114. The van der Waals surface area contributed by atoms with E-state index >= 15 is 0 Å². The summed E-state index contributed by atoms with van der Waals surface area (Å²) >= 11 is 4.20.